The Morgan fingerprint density at radius 1 is 1.42 bits per heavy atom. The molecule has 12 heavy (non-hydrogen) atoms. The molecular weight excluding hydrogens is 152 g/mol. The first kappa shape index (κ1) is 9.36. The third-order valence-electron chi connectivity index (χ3n) is 2.53. The van der Waals surface area contributed by atoms with E-state index in [0.29, 0.717) is 6.04 Å². The van der Waals surface area contributed by atoms with Gasteiger partial charge in [0.05, 0.1) is 0 Å². The minimum atomic E-state index is 0.0735. The molecule has 70 valence electrons. The average Bonchev–Trinajstić information content (AvgIpc) is 2.28. The number of likely N-dealkylation sites (tertiary alicyclic amines) is 1. The molecule has 1 heterocycles. The van der Waals surface area contributed by atoms with Crippen LogP contribution in [0.1, 0.15) is 32.6 Å². The van der Waals surface area contributed by atoms with Crippen molar-refractivity contribution < 1.29 is 4.79 Å². The summed E-state index contributed by atoms with van der Waals surface area (Å²) < 4.78 is 0. The van der Waals surface area contributed by atoms with Gasteiger partial charge in [-0.05, 0) is 19.8 Å². The van der Waals surface area contributed by atoms with E-state index in [1.54, 1.807) is 7.05 Å². The number of hydrogen-bond donors (Lipinski definition) is 1. The van der Waals surface area contributed by atoms with Crippen LogP contribution in [0.15, 0.2) is 0 Å². The van der Waals surface area contributed by atoms with E-state index in [1.807, 2.05) is 4.90 Å². The van der Waals surface area contributed by atoms with Gasteiger partial charge in [-0.15, -0.1) is 0 Å². The lowest BCUT2D eigenvalue weighted by molar-refractivity contribution is 0.183. The standard InChI is InChI=1S/C9H18N2O/c1-8-6-4-3-5-7-11(8)9(12)10-2/h8H,3-7H2,1-2H3,(H,10,12). The van der Waals surface area contributed by atoms with Gasteiger partial charge < -0.3 is 10.2 Å². The van der Waals surface area contributed by atoms with Gasteiger partial charge in [-0.1, -0.05) is 12.8 Å². The predicted molar refractivity (Wildman–Crippen MR) is 49.1 cm³/mol. The van der Waals surface area contributed by atoms with E-state index < -0.39 is 0 Å². The maximum absolute atomic E-state index is 11.3. The van der Waals surface area contributed by atoms with Gasteiger partial charge in [0.15, 0.2) is 0 Å². The summed E-state index contributed by atoms with van der Waals surface area (Å²) in [5.41, 5.74) is 0. The minimum absolute atomic E-state index is 0.0735. The molecule has 1 atom stereocenters. The molecule has 1 aliphatic heterocycles. The SMILES string of the molecule is CNC(=O)N1CCCCCC1C. The first-order valence-electron chi connectivity index (χ1n) is 4.74. The Morgan fingerprint density at radius 2 is 2.17 bits per heavy atom. The zero-order valence-electron chi connectivity index (χ0n) is 7.97. The average molecular weight is 170 g/mol. The molecule has 2 amide bonds. The van der Waals surface area contributed by atoms with Gasteiger partial charge in [0.2, 0.25) is 0 Å². The molecule has 0 aromatic heterocycles. The molecule has 0 saturated carbocycles. The second kappa shape index (κ2) is 4.33. The van der Waals surface area contributed by atoms with Gasteiger partial charge in [-0.2, -0.15) is 0 Å². The monoisotopic (exact) mass is 170 g/mol. The first-order chi connectivity index (χ1) is 5.75. The van der Waals surface area contributed by atoms with E-state index in [-0.39, 0.29) is 6.03 Å². The summed E-state index contributed by atoms with van der Waals surface area (Å²) in [4.78, 5) is 13.3. The van der Waals surface area contributed by atoms with E-state index in [2.05, 4.69) is 12.2 Å². The molecule has 0 aromatic rings. The highest BCUT2D eigenvalue weighted by molar-refractivity contribution is 5.74. The molecule has 0 radical (unpaired) electrons. The number of hydrogen-bond acceptors (Lipinski definition) is 1. The number of nitrogens with zero attached hydrogens (tertiary/aromatic N) is 1. The highest BCUT2D eigenvalue weighted by atomic mass is 16.2. The van der Waals surface area contributed by atoms with Crippen molar-refractivity contribution in [3.05, 3.63) is 0 Å². The largest absolute Gasteiger partial charge is 0.341 e. The Kier molecular flexibility index (Phi) is 3.38. The second-order valence-corrected chi connectivity index (χ2v) is 3.45. The minimum Gasteiger partial charge on any atom is -0.341 e. The van der Waals surface area contributed by atoms with Gasteiger partial charge in [0.25, 0.3) is 0 Å². The zero-order valence-corrected chi connectivity index (χ0v) is 7.97. The van der Waals surface area contributed by atoms with E-state index in [4.69, 9.17) is 0 Å². The van der Waals surface area contributed by atoms with Crippen LogP contribution in [0.4, 0.5) is 4.79 Å². The molecule has 0 aliphatic carbocycles. The summed E-state index contributed by atoms with van der Waals surface area (Å²) in [5, 5.41) is 2.68. The number of carbonyl (C=O) groups is 1. The van der Waals surface area contributed by atoms with Crippen LogP contribution in [-0.4, -0.2) is 30.6 Å². The Morgan fingerprint density at radius 3 is 2.83 bits per heavy atom. The van der Waals surface area contributed by atoms with Crippen molar-refractivity contribution in [2.45, 2.75) is 38.6 Å². The molecule has 0 bridgehead atoms. The third-order valence-corrected chi connectivity index (χ3v) is 2.53. The maximum Gasteiger partial charge on any atom is 0.317 e. The maximum atomic E-state index is 11.3. The zero-order chi connectivity index (χ0) is 8.97. The number of amides is 2. The number of carbonyl (C=O) groups excluding carboxylic acids is 1. The molecule has 1 saturated heterocycles. The normalized spacial score (nSPS) is 24.8. The number of nitrogens with one attached hydrogen (secondary N) is 1. The molecule has 1 aliphatic rings. The Hall–Kier alpha value is -0.730. The molecule has 1 fully saturated rings. The fraction of sp³-hybridized carbons (Fsp3) is 0.889. The quantitative estimate of drug-likeness (QED) is 0.588. The van der Waals surface area contributed by atoms with Gasteiger partial charge in [0, 0.05) is 19.6 Å². The highest BCUT2D eigenvalue weighted by Crippen LogP contribution is 2.15. The molecular formula is C9H18N2O. The van der Waals surface area contributed by atoms with Gasteiger partial charge in [-0.25, -0.2) is 4.79 Å². The van der Waals surface area contributed by atoms with Crippen LogP contribution in [0.3, 0.4) is 0 Å². The Labute approximate surface area is 74.1 Å². The molecule has 3 nitrogen and oxygen atoms in total. The van der Waals surface area contributed by atoms with E-state index in [9.17, 15) is 4.79 Å². The van der Waals surface area contributed by atoms with Crippen molar-refractivity contribution in [2.24, 2.45) is 0 Å². The molecule has 1 N–H and O–H groups in total. The summed E-state index contributed by atoms with van der Waals surface area (Å²) in [6.45, 7) is 3.04. The topological polar surface area (TPSA) is 32.3 Å². The van der Waals surface area contributed by atoms with Crippen LogP contribution in [0.5, 0.6) is 0 Å². The van der Waals surface area contributed by atoms with Crippen LogP contribution in [0.2, 0.25) is 0 Å². The second-order valence-electron chi connectivity index (χ2n) is 3.45. The third kappa shape index (κ3) is 2.13. The van der Waals surface area contributed by atoms with Crippen molar-refractivity contribution in [3.63, 3.8) is 0 Å². The fourth-order valence-electron chi connectivity index (χ4n) is 1.72. The summed E-state index contributed by atoms with van der Waals surface area (Å²) in [7, 11) is 1.69. The van der Waals surface area contributed by atoms with Gasteiger partial charge in [-0.3, -0.25) is 0 Å². The van der Waals surface area contributed by atoms with E-state index in [0.717, 1.165) is 19.4 Å². The summed E-state index contributed by atoms with van der Waals surface area (Å²) in [6, 6.07) is 0.483. The lowest BCUT2D eigenvalue weighted by atomic mass is 10.1. The first-order valence-corrected chi connectivity index (χ1v) is 4.74. The highest BCUT2D eigenvalue weighted by Gasteiger charge is 2.20. The van der Waals surface area contributed by atoms with Crippen molar-refractivity contribution in [2.75, 3.05) is 13.6 Å². The van der Waals surface area contributed by atoms with Crippen LogP contribution in [0, 0.1) is 0 Å². The number of rotatable bonds is 0. The Bertz CT molecular complexity index is 159. The van der Waals surface area contributed by atoms with Crippen LogP contribution >= 0.6 is 0 Å². The smallest absolute Gasteiger partial charge is 0.317 e. The summed E-state index contributed by atoms with van der Waals surface area (Å²) >= 11 is 0. The van der Waals surface area contributed by atoms with Crippen LogP contribution in [-0.2, 0) is 0 Å². The lowest BCUT2D eigenvalue weighted by Crippen LogP contribution is -2.43. The summed E-state index contributed by atoms with van der Waals surface area (Å²) in [5.74, 6) is 0. The molecule has 1 rings (SSSR count). The van der Waals surface area contributed by atoms with Crippen LogP contribution < -0.4 is 5.32 Å². The van der Waals surface area contributed by atoms with E-state index in [1.165, 1.54) is 12.8 Å². The molecule has 3 heteroatoms. The van der Waals surface area contributed by atoms with E-state index >= 15 is 0 Å². The Balaban J connectivity index is 2.52. The predicted octanol–water partition coefficient (Wildman–Crippen LogP) is 1.59. The van der Waals surface area contributed by atoms with Crippen molar-refractivity contribution in [1.29, 1.82) is 0 Å². The molecule has 1 unspecified atom stereocenters. The molecule has 0 spiro atoms. The number of urea groups is 1. The van der Waals surface area contributed by atoms with Crippen molar-refractivity contribution in [1.82, 2.24) is 10.2 Å². The summed E-state index contributed by atoms with van der Waals surface area (Å²) in [6.07, 6.45) is 4.82. The van der Waals surface area contributed by atoms with Crippen molar-refractivity contribution in [3.8, 4) is 0 Å². The fourth-order valence-corrected chi connectivity index (χ4v) is 1.72. The van der Waals surface area contributed by atoms with Gasteiger partial charge >= 0.3 is 6.03 Å². The van der Waals surface area contributed by atoms with Crippen molar-refractivity contribution >= 4 is 6.03 Å². The van der Waals surface area contributed by atoms with Crippen LogP contribution in [0.25, 0.3) is 0 Å². The van der Waals surface area contributed by atoms with Gasteiger partial charge in [0.1, 0.15) is 0 Å². The lowest BCUT2D eigenvalue weighted by Gasteiger charge is -2.26. The molecule has 0 aromatic carbocycles.